The first-order valence-electron chi connectivity index (χ1n) is 6.00. The highest BCUT2D eigenvalue weighted by Gasteiger charge is 2.08. The van der Waals surface area contributed by atoms with Crippen molar-refractivity contribution < 1.29 is 14.6 Å². The van der Waals surface area contributed by atoms with E-state index >= 15 is 0 Å². The summed E-state index contributed by atoms with van der Waals surface area (Å²) in [5, 5.41) is 12.9. The molecule has 2 aromatic rings. The number of halogens is 1. The maximum atomic E-state index is 11.5. The van der Waals surface area contributed by atoms with Gasteiger partial charge in [-0.2, -0.15) is 0 Å². The Hall–Kier alpha value is -2.20. The molecule has 2 rings (SSSR count). The smallest absolute Gasteiger partial charge is 0.337 e. The SMILES string of the molecule is COC(=O)c1ccc(Cl)c(NCc2ccc(O)cc2)c1. The number of carbonyl (C=O) groups is 1. The van der Waals surface area contributed by atoms with Crippen LogP contribution in [0.4, 0.5) is 5.69 Å². The standard InChI is InChI=1S/C15H14ClNO3/c1-20-15(19)11-4-7-13(16)14(8-11)17-9-10-2-5-12(18)6-3-10/h2-8,17-18H,9H2,1H3. The van der Waals surface area contributed by atoms with Crippen LogP contribution in [-0.2, 0) is 11.3 Å². The van der Waals surface area contributed by atoms with Crippen LogP contribution in [0, 0.1) is 0 Å². The van der Waals surface area contributed by atoms with Crippen LogP contribution in [-0.4, -0.2) is 18.2 Å². The Balaban J connectivity index is 2.12. The zero-order valence-corrected chi connectivity index (χ0v) is 11.6. The molecule has 0 amide bonds. The van der Waals surface area contributed by atoms with Crippen LogP contribution in [0.2, 0.25) is 5.02 Å². The summed E-state index contributed by atoms with van der Waals surface area (Å²) in [5.41, 5.74) is 2.08. The molecule has 0 aliphatic rings. The van der Waals surface area contributed by atoms with Crippen LogP contribution < -0.4 is 5.32 Å². The number of carbonyl (C=O) groups excluding carboxylic acids is 1. The van der Waals surface area contributed by atoms with E-state index in [1.807, 2.05) is 0 Å². The summed E-state index contributed by atoms with van der Waals surface area (Å²) < 4.78 is 4.67. The average Bonchev–Trinajstić information content (AvgIpc) is 2.47. The summed E-state index contributed by atoms with van der Waals surface area (Å²) in [4.78, 5) is 11.5. The molecule has 4 nitrogen and oxygen atoms in total. The fraction of sp³-hybridized carbons (Fsp3) is 0.133. The highest BCUT2D eigenvalue weighted by molar-refractivity contribution is 6.33. The molecule has 0 fully saturated rings. The van der Waals surface area contributed by atoms with E-state index in [1.54, 1.807) is 42.5 Å². The molecule has 0 radical (unpaired) electrons. The number of phenolic OH excluding ortho intramolecular Hbond substituents is 1. The van der Waals surface area contributed by atoms with E-state index in [0.29, 0.717) is 22.8 Å². The van der Waals surface area contributed by atoms with Crippen LogP contribution in [0.25, 0.3) is 0 Å². The zero-order chi connectivity index (χ0) is 14.5. The fourth-order valence-corrected chi connectivity index (χ4v) is 1.90. The molecule has 0 saturated heterocycles. The second-order valence-electron chi connectivity index (χ2n) is 4.21. The second kappa shape index (κ2) is 6.30. The Morgan fingerprint density at radius 2 is 1.95 bits per heavy atom. The highest BCUT2D eigenvalue weighted by atomic mass is 35.5. The van der Waals surface area contributed by atoms with Crippen molar-refractivity contribution in [1.29, 1.82) is 0 Å². The van der Waals surface area contributed by atoms with Gasteiger partial charge >= 0.3 is 5.97 Å². The van der Waals surface area contributed by atoms with E-state index in [-0.39, 0.29) is 5.75 Å². The van der Waals surface area contributed by atoms with Crippen molar-refractivity contribution in [3.8, 4) is 5.75 Å². The Morgan fingerprint density at radius 3 is 2.60 bits per heavy atom. The number of rotatable bonds is 4. The summed E-state index contributed by atoms with van der Waals surface area (Å²) in [6.07, 6.45) is 0. The topological polar surface area (TPSA) is 58.6 Å². The van der Waals surface area contributed by atoms with E-state index < -0.39 is 5.97 Å². The molecular weight excluding hydrogens is 278 g/mol. The van der Waals surface area contributed by atoms with Crippen LogP contribution in [0.1, 0.15) is 15.9 Å². The molecule has 0 saturated carbocycles. The normalized spacial score (nSPS) is 10.1. The molecule has 2 aromatic carbocycles. The first kappa shape index (κ1) is 14.2. The quantitative estimate of drug-likeness (QED) is 0.847. The lowest BCUT2D eigenvalue weighted by molar-refractivity contribution is 0.0601. The van der Waals surface area contributed by atoms with Gasteiger partial charge < -0.3 is 15.2 Å². The predicted molar refractivity (Wildman–Crippen MR) is 78.2 cm³/mol. The number of benzene rings is 2. The lowest BCUT2D eigenvalue weighted by Gasteiger charge is -2.10. The number of anilines is 1. The number of nitrogens with one attached hydrogen (secondary N) is 1. The Morgan fingerprint density at radius 1 is 1.25 bits per heavy atom. The molecule has 104 valence electrons. The zero-order valence-electron chi connectivity index (χ0n) is 10.9. The first-order valence-corrected chi connectivity index (χ1v) is 6.37. The third-order valence-corrected chi connectivity index (χ3v) is 3.14. The van der Waals surface area contributed by atoms with E-state index in [4.69, 9.17) is 11.6 Å². The lowest BCUT2D eigenvalue weighted by atomic mass is 10.2. The molecule has 0 unspecified atom stereocenters. The molecule has 0 bridgehead atoms. The van der Waals surface area contributed by atoms with E-state index in [2.05, 4.69) is 10.1 Å². The Bertz CT molecular complexity index is 611. The number of esters is 1. The summed E-state index contributed by atoms with van der Waals surface area (Å²) in [6.45, 7) is 0.532. The van der Waals surface area contributed by atoms with Gasteiger partial charge in [0.2, 0.25) is 0 Å². The summed E-state index contributed by atoms with van der Waals surface area (Å²) in [5.74, 6) is -0.186. The van der Waals surface area contributed by atoms with Crippen LogP contribution >= 0.6 is 11.6 Å². The molecule has 0 heterocycles. The third kappa shape index (κ3) is 3.42. The predicted octanol–water partition coefficient (Wildman–Crippen LogP) is 3.44. The van der Waals surface area contributed by atoms with Gasteiger partial charge in [0.15, 0.2) is 0 Å². The minimum atomic E-state index is -0.408. The van der Waals surface area contributed by atoms with Gasteiger partial charge in [0.25, 0.3) is 0 Å². The van der Waals surface area contributed by atoms with Crippen molar-refractivity contribution in [2.24, 2.45) is 0 Å². The highest BCUT2D eigenvalue weighted by Crippen LogP contribution is 2.24. The van der Waals surface area contributed by atoms with E-state index in [0.717, 1.165) is 5.56 Å². The van der Waals surface area contributed by atoms with Crippen molar-refractivity contribution in [3.05, 3.63) is 58.6 Å². The van der Waals surface area contributed by atoms with Crippen molar-refractivity contribution in [2.75, 3.05) is 12.4 Å². The summed E-state index contributed by atoms with van der Waals surface area (Å²) in [6, 6.07) is 11.7. The summed E-state index contributed by atoms with van der Waals surface area (Å²) >= 11 is 6.08. The number of hydrogen-bond donors (Lipinski definition) is 2. The van der Waals surface area contributed by atoms with Crippen LogP contribution in [0.3, 0.4) is 0 Å². The number of ether oxygens (including phenoxy) is 1. The minimum absolute atomic E-state index is 0.222. The van der Waals surface area contributed by atoms with Gasteiger partial charge in [-0.3, -0.25) is 0 Å². The Kier molecular flexibility index (Phi) is 4.48. The number of hydrogen-bond acceptors (Lipinski definition) is 4. The van der Waals surface area contributed by atoms with E-state index in [1.165, 1.54) is 7.11 Å². The second-order valence-corrected chi connectivity index (χ2v) is 4.61. The van der Waals surface area contributed by atoms with Crippen molar-refractivity contribution in [3.63, 3.8) is 0 Å². The lowest BCUT2D eigenvalue weighted by Crippen LogP contribution is -2.04. The fourth-order valence-electron chi connectivity index (χ4n) is 1.72. The first-order chi connectivity index (χ1) is 9.60. The molecule has 0 aliphatic heterocycles. The molecule has 0 atom stereocenters. The van der Waals surface area contributed by atoms with Gasteiger partial charge in [-0.05, 0) is 35.9 Å². The molecule has 5 heteroatoms. The monoisotopic (exact) mass is 291 g/mol. The maximum Gasteiger partial charge on any atom is 0.337 e. The van der Waals surface area contributed by atoms with Crippen molar-refractivity contribution in [2.45, 2.75) is 6.54 Å². The minimum Gasteiger partial charge on any atom is -0.508 e. The molecule has 2 N–H and O–H groups in total. The van der Waals surface area contributed by atoms with Crippen LogP contribution in [0.15, 0.2) is 42.5 Å². The maximum absolute atomic E-state index is 11.5. The van der Waals surface area contributed by atoms with Crippen LogP contribution in [0.5, 0.6) is 5.75 Å². The van der Waals surface area contributed by atoms with Gasteiger partial charge in [0.05, 0.1) is 23.4 Å². The molecule has 0 aliphatic carbocycles. The van der Waals surface area contributed by atoms with Gasteiger partial charge in [-0.1, -0.05) is 23.7 Å². The average molecular weight is 292 g/mol. The largest absolute Gasteiger partial charge is 0.508 e. The number of methoxy groups -OCH3 is 1. The molecule has 0 spiro atoms. The van der Waals surface area contributed by atoms with Gasteiger partial charge in [-0.25, -0.2) is 4.79 Å². The summed E-state index contributed by atoms with van der Waals surface area (Å²) in [7, 11) is 1.33. The van der Waals surface area contributed by atoms with Crippen molar-refractivity contribution in [1.82, 2.24) is 0 Å². The third-order valence-electron chi connectivity index (χ3n) is 2.81. The van der Waals surface area contributed by atoms with Gasteiger partial charge in [-0.15, -0.1) is 0 Å². The number of phenols is 1. The van der Waals surface area contributed by atoms with Gasteiger partial charge in [0.1, 0.15) is 5.75 Å². The molecular formula is C15H14ClNO3. The van der Waals surface area contributed by atoms with E-state index in [9.17, 15) is 9.90 Å². The van der Waals surface area contributed by atoms with Gasteiger partial charge in [0, 0.05) is 6.54 Å². The molecule has 20 heavy (non-hydrogen) atoms. The van der Waals surface area contributed by atoms with Crippen molar-refractivity contribution >= 4 is 23.3 Å². The Labute approximate surface area is 122 Å². The molecule has 0 aromatic heterocycles. The number of aromatic hydroxyl groups is 1.